The number of nitrogens with zero attached hydrogens (tertiary/aromatic N) is 1. The van der Waals surface area contributed by atoms with Gasteiger partial charge in [-0.3, -0.25) is 4.98 Å². The van der Waals surface area contributed by atoms with Crippen LogP contribution in [0.5, 0.6) is 0 Å². The van der Waals surface area contributed by atoms with Crippen molar-refractivity contribution in [1.29, 1.82) is 0 Å². The fourth-order valence-electron chi connectivity index (χ4n) is 2.73. The summed E-state index contributed by atoms with van der Waals surface area (Å²) in [6, 6.07) is 6.62. The number of ether oxygens (including phenoxy) is 1. The van der Waals surface area contributed by atoms with Gasteiger partial charge in [0.2, 0.25) is 0 Å². The van der Waals surface area contributed by atoms with E-state index in [2.05, 4.69) is 29.4 Å². The second-order valence-corrected chi connectivity index (χ2v) is 5.15. The van der Waals surface area contributed by atoms with E-state index in [9.17, 15) is 0 Å². The van der Waals surface area contributed by atoms with Gasteiger partial charge in [-0.05, 0) is 44.9 Å². The van der Waals surface area contributed by atoms with Gasteiger partial charge >= 0.3 is 0 Å². The Bertz CT molecular complexity index is 336. The minimum absolute atomic E-state index is 0.442. The fourth-order valence-corrected chi connectivity index (χ4v) is 2.73. The Morgan fingerprint density at radius 2 is 2.39 bits per heavy atom. The van der Waals surface area contributed by atoms with Crippen LogP contribution >= 0.6 is 0 Å². The third kappa shape index (κ3) is 3.53. The van der Waals surface area contributed by atoms with Crippen molar-refractivity contribution in [1.82, 2.24) is 10.3 Å². The molecule has 0 aromatic carbocycles. The minimum Gasteiger partial charge on any atom is -0.378 e. The van der Waals surface area contributed by atoms with E-state index in [0.29, 0.717) is 18.1 Å². The first kappa shape index (κ1) is 13.5. The van der Waals surface area contributed by atoms with Crippen LogP contribution in [0.1, 0.15) is 44.2 Å². The minimum atomic E-state index is 0.442. The zero-order chi connectivity index (χ0) is 12.8. The standard InChI is InChI=1S/C15H24N2O/c1-12(15-7-3-4-10-17-15)14(16-2)9-8-13-6-5-11-18-13/h3-4,7,10,12-14,16H,5-6,8-9,11H2,1-2H3. The molecular formula is C15H24N2O. The lowest BCUT2D eigenvalue weighted by atomic mass is 9.92. The molecule has 1 aliphatic heterocycles. The lowest BCUT2D eigenvalue weighted by Gasteiger charge is -2.24. The molecule has 1 aromatic heterocycles. The van der Waals surface area contributed by atoms with Crippen molar-refractivity contribution in [3.05, 3.63) is 30.1 Å². The molecule has 0 spiro atoms. The summed E-state index contributed by atoms with van der Waals surface area (Å²) >= 11 is 0. The molecule has 0 saturated carbocycles. The molecule has 0 aliphatic carbocycles. The second-order valence-electron chi connectivity index (χ2n) is 5.15. The van der Waals surface area contributed by atoms with Crippen LogP contribution in [0.25, 0.3) is 0 Å². The van der Waals surface area contributed by atoms with Gasteiger partial charge in [0.05, 0.1) is 6.10 Å². The van der Waals surface area contributed by atoms with Gasteiger partial charge < -0.3 is 10.1 Å². The van der Waals surface area contributed by atoms with E-state index in [1.807, 2.05) is 19.3 Å². The van der Waals surface area contributed by atoms with Crippen molar-refractivity contribution in [3.8, 4) is 0 Å². The zero-order valence-corrected chi connectivity index (χ0v) is 11.4. The summed E-state index contributed by atoms with van der Waals surface area (Å²) in [5.41, 5.74) is 1.17. The molecule has 2 rings (SSSR count). The highest BCUT2D eigenvalue weighted by molar-refractivity contribution is 5.11. The third-order valence-corrected chi connectivity index (χ3v) is 3.95. The molecule has 3 heteroatoms. The highest BCUT2D eigenvalue weighted by Gasteiger charge is 2.21. The van der Waals surface area contributed by atoms with Crippen LogP contribution in [0.4, 0.5) is 0 Å². The number of rotatable bonds is 6. The molecule has 0 radical (unpaired) electrons. The number of aromatic nitrogens is 1. The average molecular weight is 248 g/mol. The molecule has 1 fully saturated rings. The molecule has 1 N–H and O–H groups in total. The Kier molecular flexibility index (Phi) is 5.14. The van der Waals surface area contributed by atoms with E-state index < -0.39 is 0 Å². The molecule has 3 atom stereocenters. The maximum atomic E-state index is 5.69. The Morgan fingerprint density at radius 3 is 3.00 bits per heavy atom. The maximum Gasteiger partial charge on any atom is 0.0576 e. The molecule has 1 aliphatic rings. The number of hydrogen-bond donors (Lipinski definition) is 1. The van der Waals surface area contributed by atoms with Crippen molar-refractivity contribution in [2.75, 3.05) is 13.7 Å². The Labute approximate surface area is 110 Å². The van der Waals surface area contributed by atoms with E-state index in [4.69, 9.17) is 4.74 Å². The van der Waals surface area contributed by atoms with Gasteiger partial charge in [-0.1, -0.05) is 13.0 Å². The van der Waals surface area contributed by atoms with E-state index in [0.717, 1.165) is 19.4 Å². The Balaban J connectivity index is 1.87. The second kappa shape index (κ2) is 6.86. The number of pyridine rings is 1. The first-order valence-corrected chi connectivity index (χ1v) is 7.01. The van der Waals surface area contributed by atoms with Gasteiger partial charge in [0.25, 0.3) is 0 Å². The summed E-state index contributed by atoms with van der Waals surface area (Å²) in [6.45, 7) is 3.20. The predicted octanol–water partition coefficient (Wildman–Crippen LogP) is 2.73. The monoisotopic (exact) mass is 248 g/mol. The lowest BCUT2D eigenvalue weighted by molar-refractivity contribution is 0.0990. The van der Waals surface area contributed by atoms with Crippen LogP contribution in [0.2, 0.25) is 0 Å². The molecule has 0 amide bonds. The van der Waals surface area contributed by atoms with Crippen LogP contribution in [-0.4, -0.2) is 30.8 Å². The lowest BCUT2D eigenvalue weighted by Crippen LogP contribution is -2.32. The molecule has 1 saturated heterocycles. The molecule has 100 valence electrons. The van der Waals surface area contributed by atoms with E-state index in [1.165, 1.54) is 18.5 Å². The van der Waals surface area contributed by atoms with E-state index in [-0.39, 0.29) is 0 Å². The molecule has 3 nitrogen and oxygen atoms in total. The van der Waals surface area contributed by atoms with Crippen LogP contribution in [-0.2, 0) is 4.74 Å². The third-order valence-electron chi connectivity index (χ3n) is 3.95. The highest BCUT2D eigenvalue weighted by atomic mass is 16.5. The summed E-state index contributed by atoms with van der Waals surface area (Å²) in [4.78, 5) is 4.46. The van der Waals surface area contributed by atoms with E-state index in [1.54, 1.807) is 0 Å². The summed E-state index contributed by atoms with van der Waals surface area (Å²) in [6.07, 6.45) is 7.12. The largest absolute Gasteiger partial charge is 0.378 e. The summed E-state index contributed by atoms with van der Waals surface area (Å²) in [5, 5.41) is 3.43. The Hall–Kier alpha value is -0.930. The van der Waals surface area contributed by atoms with Crippen molar-refractivity contribution >= 4 is 0 Å². The van der Waals surface area contributed by atoms with E-state index >= 15 is 0 Å². The van der Waals surface area contributed by atoms with Crippen LogP contribution in [0, 0.1) is 0 Å². The molecule has 0 bridgehead atoms. The average Bonchev–Trinajstić information content (AvgIpc) is 2.93. The quantitative estimate of drug-likeness (QED) is 0.840. The normalized spacial score (nSPS) is 22.9. The van der Waals surface area contributed by atoms with Gasteiger partial charge in [-0.15, -0.1) is 0 Å². The number of nitrogens with one attached hydrogen (secondary N) is 1. The summed E-state index contributed by atoms with van der Waals surface area (Å²) in [5.74, 6) is 0.442. The van der Waals surface area contributed by atoms with Crippen molar-refractivity contribution in [3.63, 3.8) is 0 Å². The molecule has 3 unspecified atom stereocenters. The highest BCUT2D eigenvalue weighted by Crippen LogP contribution is 2.23. The summed E-state index contributed by atoms with van der Waals surface area (Å²) < 4.78 is 5.69. The first-order chi connectivity index (χ1) is 8.81. The molecular weight excluding hydrogens is 224 g/mol. The van der Waals surface area contributed by atoms with Crippen LogP contribution in [0.15, 0.2) is 24.4 Å². The molecule has 18 heavy (non-hydrogen) atoms. The van der Waals surface area contributed by atoms with Gasteiger partial charge in [-0.25, -0.2) is 0 Å². The number of likely N-dealkylation sites (N-methyl/N-ethyl adjacent to an activating group) is 1. The van der Waals surface area contributed by atoms with Crippen molar-refractivity contribution < 1.29 is 4.74 Å². The zero-order valence-electron chi connectivity index (χ0n) is 11.4. The van der Waals surface area contributed by atoms with Crippen molar-refractivity contribution in [2.45, 2.75) is 50.7 Å². The Morgan fingerprint density at radius 1 is 1.50 bits per heavy atom. The fraction of sp³-hybridized carbons (Fsp3) is 0.667. The SMILES string of the molecule is CNC(CCC1CCCO1)C(C)c1ccccn1. The summed E-state index contributed by atoms with van der Waals surface area (Å²) in [7, 11) is 2.04. The van der Waals surface area contributed by atoms with Crippen molar-refractivity contribution in [2.24, 2.45) is 0 Å². The first-order valence-electron chi connectivity index (χ1n) is 7.01. The maximum absolute atomic E-state index is 5.69. The molecule has 2 heterocycles. The van der Waals surface area contributed by atoms with Gasteiger partial charge in [0.15, 0.2) is 0 Å². The number of hydrogen-bond acceptors (Lipinski definition) is 3. The van der Waals surface area contributed by atoms with Gasteiger partial charge in [-0.2, -0.15) is 0 Å². The smallest absolute Gasteiger partial charge is 0.0576 e. The predicted molar refractivity (Wildman–Crippen MR) is 73.7 cm³/mol. The molecule has 1 aromatic rings. The van der Waals surface area contributed by atoms with Gasteiger partial charge in [0.1, 0.15) is 0 Å². The van der Waals surface area contributed by atoms with Gasteiger partial charge in [0, 0.05) is 30.5 Å². The topological polar surface area (TPSA) is 34.1 Å². The van der Waals surface area contributed by atoms with Crippen LogP contribution < -0.4 is 5.32 Å². The van der Waals surface area contributed by atoms with Crippen LogP contribution in [0.3, 0.4) is 0 Å².